The summed E-state index contributed by atoms with van der Waals surface area (Å²) in [6.07, 6.45) is 3.01. The number of likely N-dealkylation sites (N-methyl/N-ethyl adjacent to an activating group) is 1. The van der Waals surface area contributed by atoms with Crippen molar-refractivity contribution in [2.45, 2.75) is 26.2 Å². The summed E-state index contributed by atoms with van der Waals surface area (Å²) >= 11 is 0. The van der Waals surface area contributed by atoms with Crippen LogP contribution in [0.25, 0.3) is 11.3 Å². The molecule has 2 heterocycles. The first-order chi connectivity index (χ1) is 22.3. The summed E-state index contributed by atoms with van der Waals surface area (Å²) in [6, 6.07) is 7.75. The summed E-state index contributed by atoms with van der Waals surface area (Å²) in [6.45, 7) is 5.32. The summed E-state index contributed by atoms with van der Waals surface area (Å²) in [7, 11) is 9.08. The maximum atomic E-state index is 14.7. The topological polar surface area (TPSA) is 115 Å². The average Bonchev–Trinajstić information content (AvgIpc) is 3.43. The molecule has 0 bridgehead atoms. The van der Waals surface area contributed by atoms with E-state index in [2.05, 4.69) is 36.8 Å². The number of aryl methyl sites for hydroxylation is 1. The van der Waals surface area contributed by atoms with Crippen molar-refractivity contribution < 1.29 is 61.1 Å². The van der Waals surface area contributed by atoms with Gasteiger partial charge in [-0.1, -0.05) is 6.92 Å². The average molecular weight is 783 g/mol. The van der Waals surface area contributed by atoms with E-state index in [-0.39, 0.29) is 64.5 Å². The van der Waals surface area contributed by atoms with Crippen LogP contribution in [0.15, 0.2) is 36.5 Å². The molecule has 0 spiro atoms. The molecule has 3 amide bonds. The number of quaternary nitrogens is 1. The number of aromatic nitrogens is 2. The van der Waals surface area contributed by atoms with Gasteiger partial charge in [0.05, 0.1) is 53.4 Å². The van der Waals surface area contributed by atoms with Crippen LogP contribution >= 0.6 is 0 Å². The molecule has 0 unspecified atom stereocenters. The third kappa shape index (κ3) is 9.50. The van der Waals surface area contributed by atoms with Crippen LogP contribution in [0.4, 0.5) is 14.5 Å². The van der Waals surface area contributed by atoms with Crippen molar-refractivity contribution in [3.8, 4) is 17.0 Å². The summed E-state index contributed by atoms with van der Waals surface area (Å²) < 4.78 is 41.7. The molecule has 0 saturated carbocycles. The number of nitrogens with zero attached hydrogens (tertiary/aromatic N) is 4. The minimum atomic E-state index is -1.13. The van der Waals surface area contributed by atoms with Gasteiger partial charge in [-0.15, -0.1) is 0 Å². The summed E-state index contributed by atoms with van der Waals surface area (Å²) in [4.78, 5) is 45.2. The zero-order chi connectivity index (χ0) is 34.3. The molecule has 0 radical (unpaired) electrons. The Morgan fingerprint density at radius 1 is 1.04 bits per heavy atom. The second-order valence-electron chi connectivity index (χ2n) is 12.6. The van der Waals surface area contributed by atoms with Crippen LogP contribution in [-0.4, -0.2) is 104 Å². The van der Waals surface area contributed by atoms with Gasteiger partial charge in [-0.2, -0.15) is 4.39 Å². The van der Waals surface area contributed by atoms with Crippen LogP contribution < -0.4 is 39.3 Å². The van der Waals surface area contributed by atoms with E-state index in [0.717, 1.165) is 16.6 Å². The number of rotatable bonds is 13. The van der Waals surface area contributed by atoms with E-state index in [9.17, 15) is 23.2 Å². The van der Waals surface area contributed by atoms with Gasteiger partial charge in [0.1, 0.15) is 6.54 Å². The van der Waals surface area contributed by atoms with Crippen molar-refractivity contribution >= 4 is 23.4 Å². The third-order valence-electron chi connectivity index (χ3n) is 8.31. The van der Waals surface area contributed by atoms with E-state index < -0.39 is 17.5 Å². The molecule has 48 heavy (non-hydrogen) atoms. The lowest BCUT2D eigenvalue weighted by molar-refractivity contribution is -0.870. The number of benzene rings is 2. The number of imidazole rings is 1. The van der Waals surface area contributed by atoms with Crippen molar-refractivity contribution in [3.05, 3.63) is 65.1 Å². The highest BCUT2D eigenvalue weighted by atomic mass is 127. The van der Waals surface area contributed by atoms with Crippen LogP contribution in [0.2, 0.25) is 0 Å². The second-order valence-corrected chi connectivity index (χ2v) is 12.6. The molecular formula is C34H45F2IN6O5. The summed E-state index contributed by atoms with van der Waals surface area (Å²) in [5.41, 5.74) is 1.91. The lowest BCUT2D eigenvalue weighted by atomic mass is 9.94. The van der Waals surface area contributed by atoms with Crippen molar-refractivity contribution in [2.75, 3.05) is 73.0 Å². The fourth-order valence-electron chi connectivity index (χ4n) is 5.46. The number of amides is 3. The Morgan fingerprint density at radius 3 is 2.40 bits per heavy atom. The molecule has 0 aliphatic carbocycles. The Hall–Kier alpha value is -3.63. The highest BCUT2D eigenvalue weighted by molar-refractivity contribution is 6.03. The van der Waals surface area contributed by atoms with Gasteiger partial charge in [-0.05, 0) is 55.2 Å². The van der Waals surface area contributed by atoms with Gasteiger partial charge in [0.2, 0.25) is 11.7 Å². The molecule has 0 atom stereocenters. The normalized spacial score (nSPS) is 13.5. The first-order valence-electron chi connectivity index (χ1n) is 15.8. The quantitative estimate of drug-likeness (QED) is 0.151. The molecule has 4 rings (SSSR count). The van der Waals surface area contributed by atoms with Crippen LogP contribution in [0.3, 0.4) is 0 Å². The second kappa shape index (κ2) is 17.2. The zero-order valence-electron chi connectivity index (χ0n) is 28.4. The van der Waals surface area contributed by atoms with Gasteiger partial charge in [0, 0.05) is 49.4 Å². The van der Waals surface area contributed by atoms with Crippen molar-refractivity contribution in [2.24, 2.45) is 13.0 Å². The number of piperidine rings is 1. The van der Waals surface area contributed by atoms with Crippen LogP contribution in [-0.2, 0) is 23.0 Å². The van der Waals surface area contributed by atoms with E-state index in [4.69, 9.17) is 9.47 Å². The number of ether oxygens (including phenoxy) is 2. The smallest absolute Gasteiger partial charge is 0.291 e. The number of nitrogens with one attached hydrogen (secondary N) is 2. The standard InChI is InChI=1S/C34H44F2N6O5.HI/c1-7-22-20-24(39-33(44)31-38-21-27(40(31)2)26-10-11-28(46-6)30(36)29(26)35)8-9-25(22)34(45)41-15-12-23(13-16-41)32(43)37-14-18-47-19-17-42(3,4)5;/h8-11,20-21,23H,7,12-19H2,1-6H3,(H-,37,39,43,44,45);1H. The van der Waals surface area contributed by atoms with E-state index >= 15 is 0 Å². The van der Waals surface area contributed by atoms with Gasteiger partial charge < -0.3 is 58.0 Å². The fraction of sp³-hybridized carbons (Fsp3) is 0.471. The van der Waals surface area contributed by atoms with Gasteiger partial charge in [0.25, 0.3) is 11.8 Å². The largest absolute Gasteiger partial charge is 1.00 e. The Bertz CT molecular complexity index is 1600. The summed E-state index contributed by atoms with van der Waals surface area (Å²) in [5.74, 6) is -3.30. The van der Waals surface area contributed by atoms with Crippen LogP contribution in [0, 0.1) is 17.6 Å². The molecular weight excluding hydrogens is 737 g/mol. The lowest BCUT2D eigenvalue weighted by Crippen LogP contribution is -3.00. The third-order valence-corrected chi connectivity index (χ3v) is 8.31. The maximum absolute atomic E-state index is 14.7. The highest BCUT2D eigenvalue weighted by Gasteiger charge is 2.29. The van der Waals surface area contributed by atoms with Gasteiger partial charge >= 0.3 is 0 Å². The molecule has 14 heteroatoms. The van der Waals surface area contributed by atoms with Gasteiger partial charge in [-0.25, -0.2) is 9.37 Å². The molecule has 2 N–H and O–H groups in total. The molecule has 2 aromatic carbocycles. The number of carbonyl (C=O) groups excluding carboxylic acids is 3. The van der Waals surface area contributed by atoms with Crippen LogP contribution in [0.1, 0.15) is 46.3 Å². The first kappa shape index (κ1) is 38.8. The predicted molar refractivity (Wildman–Crippen MR) is 174 cm³/mol. The summed E-state index contributed by atoms with van der Waals surface area (Å²) in [5, 5.41) is 5.74. The number of hydrogen-bond acceptors (Lipinski definition) is 6. The molecule has 262 valence electrons. The molecule has 3 aromatic rings. The van der Waals surface area contributed by atoms with Gasteiger partial charge in [0.15, 0.2) is 17.4 Å². The van der Waals surface area contributed by atoms with E-state index in [0.29, 0.717) is 63.4 Å². The SMILES string of the molecule is CCc1cc(NC(=O)c2ncc(-c3ccc(OC)c(F)c3F)n2C)ccc1C(=O)N1CCC(C(=O)NCCOCC[N+](C)(C)C)CC1.[I-]. The number of hydrogen-bond donors (Lipinski definition) is 2. The number of anilines is 1. The van der Waals surface area contributed by atoms with Crippen LogP contribution in [0.5, 0.6) is 5.75 Å². The van der Waals surface area contributed by atoms with Crippen molar-refractivity contribution in [1.29, 1.82) is 0 Å². The number of likely N-dealkylation sites (tertiary alicyclic amines) is 1. The molecule has 1 aromatic heterocycles. The van der Waals surface area contributed by atoms with Crippen molar-refractivity contribution in [1.82, 2.24) is 19.8 Å². The Balaban J connectivity index is 0.00000625. The first-order valence-corrected chi connectivity index (χ1v) is 15.8. The fourth-order valence-corrected chi connectivity index (χ4v) is 5.46. The van der Waals surface area contributed by atoms with Gasteiger partial charge in [-0.3, -0.25) is 14.4 Å². The zero-order valence-corrected chi connectivity index (χ0v) is 30.5. The highest BCUT2D eigenvalue weighted by Crippen LogP contribution is 2.30. The monoisotopic (exact) mass is 782 g/mol. The molecule has 1 aliphatic heterocycles. The molecule has 1 saturated heterocycles. The van der Waals surface area contributed by atoms with E-state index in [1.807, 2.05) is 6.92 Å². The van der Waals surface area contributed by atoms with Crippen molar-refractivity contribution in [3.63, 3.8) is 0 Å². The Morgan fingerprint density at radius 2 is 1.75 bits per heavy atom. The minimum Gasteiger partial charge on any atom is -1.00 e. The minimum absolute atomic E-state index is 0. The molecule has 1 fully saturated rings. The maximum Gasteiger partial charge on any atom is 0.291 e. The predicted octanol–water partition coefficient (Wildman–Crippen LogP) is 0.884. The Labute approximate surface area is 297 Å². The number of carbonyl (C=O) groups is 3. The number of methoxy groups -OCH3 is 1. The number of halogens is 3. The molecule has 11 nitrogen and oxygen atoms in total. The Kier molecular flexibility index (Phi) is 13.9. The lowest BCUT2D eigenvalue weighted by Gasteiger charge is -2.32. The van der Waals surface area contributed by atoms with E-state index in [1.54, 1.807) is 23.1 Å². The van der Waals surface area contributed by atoms with E-state index in [1.165, 1.54) is 37.1 Å². The molecule has 1 aliphatic rings.